The molecule has 1 aromatic carbocycles. The number of amides is 3. The second-order valence-corrected chi connectivity index (χ2v) is 9.11. The van der Waals surface area contributed by atoms with Gasteiger partial charge < -0.3 is 47.9 Å². The Hall–Kier alpha value is -2.95. The number of ether oxygens (including phenoxy) is 9. The van der Waals surface area contributed by atoms with Crippen molar-refractivity contribution in [1.29, 1.82) is 0 Å². The van der Waals surface area contributed by atoms with Crippen LogP contribution < -0.4 is 10.1 Å². The van der Waals surface area contributed by atoms with Crippen molar-refractivity contribution < 1.29 is 57.0 Å². The number of nitrogens with zero attached hydrogens (tertiary/aromatic N) is 1. The first-order valence-electron chi connectivity index (χ1n) is 14.7. The van der Waals surface area contributed by atoms with Gasteiger partial charge in [-0.3, -0.25) is 19.3 Å². The van der Waals surface area contributed by atoms with Crippen molar-refractivity contribution in [3.05, 3.63) is 36.4 Å². The predicted molar refractivity (Wildman–Crippen MR) is 159 cm³/mol. The Bertz CT molecular complexity index is 926. The fourth-order valence-electron chi connectivity index (χ4n) is 3.51. The van der Waals surface area contributed by atoms with Crippen molar-refractivity contribution in [2.45, 2.75) is 6.92 Å². The largest absolute Gasteiger partial charge is 0.491 e. The number of carbonyl (C=O) groups is 3. The van der Waals surface area contributed by atoms with E-state index in [0.717, 1.165) is 10.6 Å². The van der Waals surface area contributed by atoms with Crippen LogP contribution in [-0.4, -0.2) is 141 Å². The topological polar surface area (TPSA) is 150 Å². The molecular weight excluding hydrogens is 580 g/mol. The van der Waals surface area contributed by atoms with Crippen molar-refractivity contribution in [1.82, 2.24) is 4.90 Å². The highest BCUT2D eigenvalue weighted by atomic mass is 16.6. The summed E-state index contributed by atoms with van der Waals surface area (Å²) in [6, 6.07) is 7.15. The number of carbonyl (C=O) groups excluding carboxylic acids is 3. The molecule has 3 amide bonds. The van der Waals surface area contributed by atoms with Crippen LogP contribution in [0.1, 0.15) is 6.92 Å². The molecule has 1 aliphatic rings. The lowest BCUT2D eigenvalue weighted by molar-refractivity contribution is -0.137. The third-order valence-corrected chi connectivity index (χ3v) is 5.63. The molecule has 14 heteroatoms. The van der Waals surface area contributed by atoms with Crippen molar-refractivity contribution >= 4 is 23.4 Å². The van der Waals surface area contributed by atoms with Crippen LogP contribution >= 0.6 is 0 Å². The van der Waals surface area contributed by atoms with E-state index in [1.165, 1.54) is 19.1 Å². The lowest BCUT2D eigenvalue weighted by atomic mass is 10.3. The van der Waals surface area contributed by atoms with Gasteiger partial charge in [-0.2, -0.15) is 0 Å². The Morgan fingerprint density at radius 2 is 0.886 bits per heavy atom. The number of anilines is 1. The van der Waals surface area contributed by atoms with Crippen LogP contribution in [0.4, 0.5) is 5.69 Å². The van der Waals surface area contributed by atoms with Gasteiger partial charge >= 0.3 is 0 Å². The normalized spacial score (nSPS) is 12.8. The smallest absolute Gasteiger partial charge is 0.253 e. The molecule has 44 heavy (non-hydrogen) atoms. The number of imide groups is 1. The van der Waals surface area contributed by atoms with Crippen molar-refractivity contribution in [3.63, 3.8) is 0 Å². The van der Waals surface area contributed by atoms with Gasteiger partial charge in [0.25, 0.3) is 11.8 Å². The molecule has 0 unspecified atom stereocenters. The molecule has 0 saturated carbocycles. The lowest BCUT2D eigenvalue weighted by Gasteiger charge is -2.13. The average Bonchev–Trinajstić information content (AvgIpc) is 3.33. The predicted octanol–water partition coefficient (Wildman–Crippen LogP) is 1.08. The monoisotopic (exact) mass is 626 g/mol. The first-order valence-corrected chi connectivity index (χ1v) is 14.7. The van der Waals surface area contributed by atoms with Gasteiger partial charge in [-0.15, -0.1) is 0 Å². The van der Waals surface area contributed by atoms with Gasteiger partial charge in [0.2, 0.25) is 5.91 Å². The van der Waals surface area contributed by atoms with Crippen molar-refractivity contribution in [2.24, 2.45) is 0 Å². The second-order valence-electron chi connectivity index (χ2n) is 9.11. The molecule has 0 radical (unpaired) electrons. The SMILES string of the molecule is CC(=O)Nc1ccc(OCCOCCOCCOCCOCCOCCOCCOCCOCCN2C(=O)C=CC2=O)cc1. The van der Waals surface area contributed by atoms with E-state index in [9.17, 15) is 14.4 Å². The van der Waals surface area contributed by atoms with Crippen LogP contribution in [0.3, 0.4) is 0 Å². The maximum atomic E-state index is 11.4. The van der Waals surface area contributed by atoms with Gasteiger partial charge in [0, 0.05) is 24.8 Å². The molecule has 1 heterocycles. The summed E-state index contributed by atoms with van der Waals surface area (Å²) >= 11 is 0. The Balaban J connectivity index is 1.19. The van der Waals surface area contributed by atoms with E-state index in [-0.39, 0.29) is 30.9 Å². The van der Waals surface area contributed by atoms with Gasteiger partial charge in [0.1, 0.15) is 12.4 Å². The van der Waals surface area contributed by atoms with E-state index < -0.39 is 0 Å². The minimum Gasteiger partial charge on any atom is -0.491 e. The number of nitrogens with one attached hydrogen (secondary N) is 1. The van der Waals surface area contributed by atoms with E-state index in [1.807, 2.05) is 0 Å². The van der Waals surface area contributed by atoms with Gasteiger partial charge in [-0.05, 0) is 24.3 Å². The summed E-state index contributed by atoms with van der Waals surface area (Å²) < 4.78 is 49.1. The fraction of sp³-hybridized carbons (Fsp3) is 0.633. The molecule has 0 fully saturated rings. The highest BCUT2D eigenvalue weighted by Gasteiger charge is 2.22. The summed E-state index contributed by atoms with van der Waals surface area (Å²) in [6.45, 7) is 9.25. The number of rotatable bonds is 29. The van der Waals surface area contributed by atoms with Gasteiger partial charge in [0.15, 0.2) is 0 Å². The van der Waals surface area contributed by atoms with Crippen molar-refractivity contribution in [3.8, 4) is 5.75 Å². The maximum Gasteiger partial charge on any atom is 0.253 e. The zero-order chi connectivity index (χ0) is 31.5. The summed E-state index contributed by atoms with van der Waals surface area (Å²) in [5.74, 6) is -0.0213. The molecule has 0 saturated heterocycles. The molecule has 1 aromatic rings. The summed E-state index contributed by atoms with van der Waals surface area (Å²) in [5.41, 5.74) is 0.726. The number of benzene rings is 1. The van der Waals surface area contributed by atoms with Crippen LogP contribution in [0.5, 0.6) is 5.75 Å². The molecule has 0 atom stereocenters. The summed E-state index contributed by atoms with van der Waals surface area (Å²) in [7, 11) is 0. The molecule has 0 aromatic heterocycles. The summed E-state index contributed by atoms with van der Waals surface area (Å²) in [5, 5.41) is 2.70. The standard InChI is InChI=1S/C30H46N2O12/c1-26(33)31-27-2-4-28(5-3-27)44-25-24-43-23-22-42-21-20-41-19-18-40-17-16-39-15-14-38-13-12-37-11-10-36-9-8-32-29(34)6-7-30(32)35/h2-7H,8-25H2,1H3,(H,31,33). The summed E-state index contributed by atoms with van der Waals surface area (Å²) in [6.07, 6.45) is 2.50. The molecule has 0 spiro atoms. The Labute approximate surface area is 258 Å². The molecule has 0 bridgehead atoms. The molecule has 2 rings (SSSR count). The van der Waals surface area contributed by atoms with Crippen LogP contribution in [0.25, 0.3) is 0 Å². The lowest BCUT2D eigenvalue weighted by Crippen LogP contribution is -2.33. The minimum absolute atomic E-state index is 0.113. The first-order chi connectivity index (χ1) is 21.6. The highest BCUT2D eigenvalue weighted by molar-refractivity contribution is 6.12. The van der Waals surface area contributed by atoms with Gasteiger partial charge in [-0.25, -0.2) is 0 Å². The molecular formula is C30H46N2O12. The van der Waals surface area contributed by atoms with Crippen LogP contribution in [-0.2, 0) is 52.3 Å². The molecule has 248 valence electrons. The number of hydrogen-bond donors (Lipinski definition) is 1. The third kappa shape index (κ3) is 19.4. The molecule has 0 aliphatic carbocycles. The van der Waals surface area contributed by atoms with Crippen molar-refractivity contribution in [2.75, 3.05) is 124 Å². The Kier molecular flexibility index (Phi) is 21.5. The Morgan fingerprint density at radius 1 is 0.545 bits per heavy atom. The van der Waals surface area contributed by atoms with E-state index in [0.29, 0.717) is 111 Å². The number of hydrogen-bond acceptors (Lipinski definition) is 12. The van der Waals surface area contributed by atoms with Crippen LogP contribution in [0.15, 0.2) is 36.4 Å². The third-order valence-electron chi connectivity index (χ3n) is 5.63. The van der Waals surface area contributed by atoms with Gasteiger partial charge in [-0.1, -0.05) is 0 Å². The fourth-order valence-corrected chi connectivity index (χ4v) is 3.51. The highest BCUT2D eigenvalue weighted by Crippen LogP contribution is 2.15. The molecule has 1 N–H and O–H groups in total. The molecule has 1 aliphatic heterocycles. The van der Waals surface area contributed by atoms with E-state index in [4.69, 9.17) is 42.6 Å². The first kappa shape index (κ1) is 37.2. The Morgan fingerprint density at radius 3 is 1.25 bits per heavy atom. The van der Waals surface area contributed by atoms with Crippen LogP contribution in [0, 0.1) is 0 Å². The quantitative estimate of drug-likeness (QED) is 0.100. The zero-order valence-corrected chi connectivity index (χ0v) is 25.5. The van der Waals surface area contributed by atoms with Crippen LogP contribution in [0.2, 0.25) is 0 Å². The minimum atomic E-state index is -0.309. The van der Waals surface area contributed by atoms with E-state index >= 15 is 0 Å². The zero-order valence-electron chi connectivity index (χ0n) is 25.5. The second kappa shape index (κ2) is 25.4. The maximum absolute atomic E-state index is 11.4. The average molecular weight is 627 g/mol. The van der Waals surface area contributed by atoms with E-state index in [2.05, 4.69) is 5.32 Å². The molecule has 14 nitrogen and oxygen atoms in total. The van der Waals surface area contributed by atoms with E-state index in [1.54, 1.807) is 24.3 Å². The summed E-state index contributed by atoms with van der Waals surface area (Å²) in [4.78, 5) is 34.9. The van der Waals surface area contributed by atoms with Gasteiger partial charge in [0.05, 0.1) is 112 Å².